The predicted molar refractivity (Wildman–Crippen MR) is 74.4 cm³/mol. The number of sulfone groups is 1. The van der Waals surface area contributed by atoms with Crippen LogP contribution in [-0.4, -0.2) is 57.0 Å². The summed E-state index contributed by atoms with van der Waals surface area (Å²) < 4.78 is 23.6. The van der Waals surface area contributed by atoms with E-state index in [-0.39, 0.29) is 6.04 Å². The lowest BCUT2D eigenvalue weighted by atomic mass is 10.0. The summed E-state index contributed by atoms with van der Waals surface area (Å²) in [5.74, 6) is 1.97. The molecule has 2 saturated heterocycles. The van der Waals surface area contributed by atoms with Gasteiger partial charge in [-0.1, -0.05) is 13.8 Å². The highest BCUT2D eigenvalue weighted by molar-refractivity contribution is 7.91. The summed E-state index contributed by atoms with van der Waals surface area (Å²) in [7, 11) is -2.79. The molecule has 3 atom stereocenters. The first-order valence-corrected chi connectivity index (χ1v) is 8.93. The molecule has 2 fully saturated rings. The van der Waals surface area contributed by atoms with Gasteiger partial charge >= 0.3 is 0 Å². The first kappa shape index (κ1) is 14.3. The normalized spacial score (nSPS) is 38.9. The van der Waals surface area contributed by atoms with Crippen molar-refractivity contribution in [2.24, 2.45) is 11.8 Å². The number of hydrogen-bond donors (Lipinski definition) is 1. The zero-order valence-electron chi connectivity index (χ0n) is 11.6. The standard InChI is InChI=1S/C13H26N2O2S/c1-11-6-14-7-12(2)9-15(8-11)13-4-3-5-18(16,17)10-13/h11-14H,3-10H2,1-2H3. The molecule has 0 radical (unpaired) electrons. The van der Waals surface area contributed by atoms with Crippen molar-refractivity contribution < 1.29 is 8.42 Å². The van der Waals surface area contributed by atoms with E-state index in [4.69, 9.17) is 0 Å². The lowest BCUT2D eigenvalue weighted by Gasteiger charge is -2.39. The fraction of sp³-hybridized carbons (Fsp3) is 1.00. The van der Waals surface area contributed by atoms with Gasteiger partial charge in [0.2, 0.25) is 0 Å². The molecule has 2 rings (SSSR count). The lowest BCUT2D eigenvalue weighted by Crippen LogP contribution is -2.50. The number of nitrogens with one attached hydrogen (secondary N) is 1. The van der Waals surface area contributed by atoms with Gasteiger partial charge in [-0.25, -0.2) is 8.42 Å². The molecule has 0 aromatic heterocycles. The van der Waals surface area contributed by atoms with E-state index in [9.17, 15) is 8.42 Å². The van der Waals surface area contributed by atoms with Crippen LogP contribution >= 0.6 is 0 Å². The van der Waals surface area contributed by atoms with E-state index in [0.717, 1.165) is 39.0 Å². The van der Waals surface area contributed by atoms with Crippen LogP contribution in [0.2, 0.25) is 0 Å². The average molecular weight is 274 g/mol. The zero-order valence-corrected chi connectivity index (χ0v) is 12.4. The van der Waals surface area contributed by atoms with Gasteiger partial charge in [0.1, 0.15) is 0 Å². The Morgan fingerprint density at radius 2 is 1.72 bits per heavy atom. The first-order valence-electron chi connectivity index (χ1n) is 7.11. The molecule has 0 aliphatic carbocycles. The third kappa shape index (κ3) is 3.93. The molecule has 18 heavy (non-hydrogen) atoms. The van der Waals surface area contributed by atoms with Crippen molar-refractivity contribution in [3.63, 3.8) is 0 Å². The summed E-state index contributed by atoms with van der Waals surface area (Å²) in [6, 6.07) is 0.256. The smallest absolute Gasteiger partial charge is 0.151 e. The van der Waals surface area contributed by atoms with Crippen LogP contribution in [0.15, 0.2) is 0 Å². The molecule has 0 aromatic rings. The van der Waals surface area contributed by atoms with E-state index in [1.54, 1.807) is 0 Å². The molecule has 0 aromatic carbocycles. The number of nitrogens with zero attached hydrogens (tertiary/aromatic N) is 1. The van der Waals surface area contributed by atoms with Gasteiger partial charge in [-0.15, -0.1) is 0 Å². The highest BCUT2D eigenvalue weighted by atomic mass is 32.2. The van der Waals surface area contributed by atoms with Crippen molar-refractivity contribution in [1.29, 1.82) is 0 Å². The molecule has 4 nitrogen and oxygen atoms in total. The van der Waals surface area contributed by atoms with E-state index < -0.39 is 9.84 Å². The Morgan fingerprint density at radius 3 is 2.28 bits per heavy atom. The number of rotatable bonds is 1. The lowest BCUT2D eigenvalue weighted by molar-refractivity contribution is 0.135. The average Bonchev–Trinajstić information content (AvgIpc) is 2.24. The largest absolute Gasteiger partial charge is 0.316 e. The van der Waals surface area contributed by atoms with Gasteiger partial charge in [0, 0.05) is 19.1 Å². The molecule has 2 aliphatic heterocycles. The minimum atomic E-state index is -2.79. The van der Waals surface area contributed by atoms with E-state index in [0.29, 0.717) is 23.3 Å². The zero-order chi connectivity index (χ0) is 13.2. The molecule has 0 spiro atoms. The summed E-state index contributed by atoms with van der Waals surface area (Å²) in [5, 5.41) is 3.48. The second-order valence-corrected chi connectivity index (χ2v) is 8.46. The van der Waals surface area contributed by atoms with Gasteiger partial charge in [-0.3, -0.25) is 4.90 Å². The molecule has 0 saturated carbocycles. The van der Waals surface area contributed by atoms with E-state index in [1.807, 2.05) is 0 Å². The van der Waals surface area contributed by atoms with E-state index in [1.165, 1.54) is 0 Å². The molecular weight excluding hydrogens is 248 g/mol. The Labute approximate surface area is 111 Å². The second kappa shape index (κ2) is 5.88. The Morgan fingerprint density at radius 1 is 1.11 bits per heavy atom. The van der Waals surface area contributed by atoms with Crippen LogP contribution in [0.1, 0.15) is 26.7 Å². The van der Waals surface area contributed by atoms with Crippen molar-refractivity contribution in [2.75, 3.05) is 37.7 Å². The van der Waals surface area contributed by atoms with Crippen molar-refractivity contribution in [3.8, 4) is 0 Å². The summed E-state index contributed by atoms with van der Waals surface area (Å²) in [5.41, 5.74) is 0. The summed E-state index contributed by atoms with van der Waals surface area (Å²) in [6.07, 6.45) is 1.89. The van der Waals surface area contributed by atoms with Crippen LogP contribution in [0.25, 0.3) is 0 Å². The van der Waals surface area contributed by atoms with Gasteiger partial charge in [-0.05, 0) is 37.8 Å². The van der Waals surface area contributed by atoms with Crippen molar-refractivity contribution >= 4 is 9.84 Å². The monoisotopic (exact) mass is 274 g/mol. The van der Waals surface area contributed by atoms with Gasteiger partial charge < -0.3 is 5.32 Å². The third-order valence-corrected chi connectivity index (χ3v) is 5.84. The minimum absolute atomic E-state index is 0.256. The molecule has 0 amide bonds. The van der Waals surface area contributed by atoms with Crippen LogP contribution in [0, 0.1) is 11.8 Å². The van der Waals surface area contributed by atoms with Crippen LogP contribution in [0.3, 0.4) is 0 Å². The molecule has 3 unspecified atom stereocenters. The highest BCUT2D eigenvalue weighted by Crippen LogP contribution is 2.20. The van der Waals surface area contributed by atoms with Crippen molar-refractivity contribution in [1.82, 2.24) is 10.2 Å². The maximum Gasteiger partial charge on any atom is 0.151 e. The fourth-order valence-corrected chi connectivity index (χ4v) is 4.90. The molecule has 2 aliphatic rings. The molecule has 1 N–H and O–H groups in total. The molecule has 5 heteroatoms. The molecule has 106 valence electrons. The highest BCUT2D eigenvalue weighted by Gasteiger charge is 2.31. The topological polar surface area (TPSA) is 49.4 Å². The van der Waals surface area contributed by atoms with Gasteiger partial charge in [0.15, 0.2) is 9.84 Å². The third-order valence-electron chi connectivity index (χ3n) is 4.03. The van der Waals surface area contributed by atoms with Crippen LogP contribution in [0.5, 0.6) is 0 Å². The SMILES string of the molecule is CC1CNCC(C)CN(C2CCCS(=O)(=O)C2)C1. The molecule has 2 heterocycles. The quantitative estimate of drug-likeness (QED) is 0.766. The van der Waals surface area contributed by atoms with Crippen molar-refractivity contribution in [2.45, 2.75) is 32.7 Å². The number of hydrogen-bond acceptors (Lipinski definition) is 4. The summed E-state index contributed by atoms with van der Waals surface area (Å²) in [6.45, 7) is 8.62. The maximum atomic E-state index is 11.8. The summed E-state index contributed by atoms with van der Waals surface area (Å²) >= 11 is 0. The predicted octanol–water partition coefficient (Wildman–Crippen LogP) is 0.741. The summed E-state index contributed by atoms with van der Waals surface area (Å²) in [4.78, 5) is 2.44. The Balaban J connectivity index is 2.03. The van der Waals surface area contributed by atoms with Crippen LogP contribution < -0.4 is 5.32 Å². The molecule has 0 bridgehead atoms. The van der Waals surface area contributed by atoms with Crippen LogP contribution in [0.4, 0.5) is 0 Å². The van der Waals surface area contributed by atoms with Gasteiger partial charge in [-0.2, -0.15) is 0 Å². The Bertz CT molecular complexity index is 357. The van der Waals surface area contributed by atoms with Crippen LogP contribution in [-0.2, 0) is 9.84 Å². The Hall–Kier alpha value is -0.130. The van der Waals surface area contributed by atoms with Gasteiger partial charge in [0.25, 0.3) is 0 Å². The van der Waals surface area contributed by atoms with E-state index >= 15 is 0 Å². The minimum Gasteiger partial charge on any atom is -0.316 e. The molecular formula is C13H26N2O2S. The second-order valence-electron chi connectivity index (χ2n) is 6.23. The fourth-order valence-electron chi connectivity index (χ4n) is 3.17. The van der Waals surface area contributed by atoms with E-state index in [2.05, 4.69) is 24.1 Å². The maximum absolute atomic E-state index is 11.8. The van der Waals surface area contributed by atoms with Crippen molar-refractivity contribution in [3.05, 3.63) is 0 Å². The first-order chi connectivity index (χ1) is 8.46. The Kier molecular flexibility index (Phi) is 4.67. The van der Waals surface area contributed by atoms with Gasteiger partial charge in [0.05, 0.1) is 11.5 Å².